The number of ether oxygens (including phenoxy) is 1. The van der Waals surface area contributed by atoms with Crippen LogP contribution in [0.25, 0.3) is 0 Å². The van der Waals surface area contributed by atoms with E-state index in [9.17, 15) is 8.78 Å². The van der Waals surface area contributed by atoms with Crippen LogP contribution in [-0.2, 0) is 6.61 Å². The van der Waals surface area contributed by atoms with Crippen LogP contribution in [0, 0.1) is 11.6 Å². The Labute approximate surface area is 97.1 Å². The molecule has 0 aliphatic heterocycles. The Morgan fingerprint density at radius 3 is 2.41 bits per heavy atom. The quantitative estimate of drug-likeness (QED) is 0.886. The summed E-state index contributed by atoms with van der Waals surface area (Å²) in [5.41, 5.74) is 0.510. The highest BCUT2D eigenvalue weighted by Crippen LogP contribution is 2.28. The van der Waals surface area contributed by atoms with Crippen LogP contribution in [-0.4, -0.2) is 5.11 Å². The minimum atomic E-state index is -1.04. The van der Waals surface area contributed by atoms with E-state index in [1.165, 1.54) is 12.1 Å². The van der Waals surface area contributed by atoms with Crippen LogP contribution < -0.4 is 4.74 Å². The molecular weight excluding hydrogens is 226 g/mol. The van der Waals surface area contributed by atoms with Crippen molar-refractivity contribution in [3.8, 4) is 11.5 Å². The maximum Gasteiger partial charge on any atom is 0.201 e. The van der Waals surface area contributed by atoms with E-state index in [2.05, 4.69) is 0 Å². The lowest BCUT2D eigenvalue weighted by Gasteiger charge is -2.10. The smallest absolute Gasteiger partial charge is 0.201 e. The number of aliphatic hydroxyl groups is 1. The van der Waals surface area contributed by atoms with E-state index in [0.717, 1.165) is 6.07 Å². The predicted molar refractivity (Wildman–Crippen MR) is 58.8 cm³/mol. The largest absolute Gasteiger partial charge is 0.454 e. The minimum absolute atomic E-state index is 0.203. The molecule has 2 rings (SSSR count). The Balaban J connectivity index is 2.35. The molecule has 88 valence electrons. The molecule has 0 amide bonds. The van der Waals surface area contributed by atoms with Crippen LogP contribution in [0.5, 0.6) is 11.5 Å². The predicted octanol–water partition coefficient (Wildman–Crippen LogP) is 3.25. The molecule has 17 heavy (non-hydrogen) atoms. The van der Waals surface area contributed by atoms with Crippen molar-refractivity contribution in [2.45, 2.75) is 6.61 Å². The molecule has 0 fully saturated rings. The molecule has 1 N–H and O–H groups in total. The number of para-hydroxylation sites is 1. The number of aliphatic hydroxyl groups excluding tert-OH is 1. The second-order valence-electron chi connectivity index (χ2n) is 3.42. The summed E-state index contributed by atoms with van der Waals surface area (Å²) in [5, 5.41) is 9.07. The Bertz CT molecular complexity index is 527. The van der Waals surface area contributed by atoms with Gasteiger partial charge in [0.1, 0.15) is 5.75 Å². The summed E-state index contributed by atoms with van der Waals surface area (Å²) in [6.07, 6.45) is 0. The summed E-state index contributed by atoms with van der Waals surface area (Å²) in [6.45, 7) is -0.229. The van der Waals surface area contributed by atoms with Gasteiger partial charge >= 0.3 is 0 Å². The average Bonchev–Trinajstić information content (AvgIpc) is 2.35. The Hall–Kier alpha value is -1.94. The monoisotopic (exact) mass is 236 g/mol. The number of rotatable bonds is 3. The first-order chi connectivity index (χ1) is 8.22. The molecule has 4 heteroatoms. The average molecular weight is 236 g/mol. The van der Waals surface area contributed by atoms with Crippen LogP contribution in [0.15, 0.2) is 42.5 Å². The minimum Gasteiger partial charge on any atom is -0.454 e. The van der Waals surface area contributed by atoms with E-state index in [-0.39, 0.29) is 12.4 Å². The molecule has 0 unspecified atom stereocenters. The Morgan fingerprint density at radius 2 is 1.65 bits per heavy atom. The fourth-order valence-electron chi connectivity index (χ4n) is 1.42. The van der Waals surface area contributed by atoms with Crippen LogP contribution in [0.1, 0.15) is 5.56 Å². The second kappa shape index (κ2) is 4.93. The van der Waals surface area contributed by atoms with Gasteiger partial charge in [0, 0.05) is 5.56 Å². The van der Waals surface area contributed by atoms with Gasteiger partial charge < -0.3 is 9.84 Å². The first-order valence-electron chi connectivity index (χ1n) is 5.03. The van der Waals surface area contributed by atoms with Gasteiger partial charge in [0.05, 0.1) is 6.61 Å². The maximum absolute atomic E-state index is 13.4. The normalized spacial score (nSPS) is 10.3. The van der Waals surface area contributed by atoms with Gasteiger partial charge in [-0.3, -0.25) is 0 Å². The SMILES string of the molecule is OCc1ccccc1Oc1cccc(F)c1F. The molecular formula is C13H10F2O2. The molecule has 2 nitrogen and oxygen atoms in total. The van der Waals surface area contributed by atoms with Crippen molar-refractivity contribution in [2.75, 3.05) is 0 Å². The molecule has 0 aromatic heterocycles. The van der Waals surface area contributed by atoms with Crippen LogP contribution >= 0.6 is 0 Å². The van der Waals surface area contributed by atoms with Gasteiger partial charge in [0.25, 0.3) is 0 Å². The zero-order valence-corrected chi connectivity index (χ0v) is 8.86. The van der Waals surface area contributed by atoms with Gasteiger partial charge in [-0.1, -0.05) is 24.3 Å². The van der Waals surface area contributed by atoms with Crippen LogP contribution in [0.4, 0.5) is 8.78 Å². The van der Waals surface area contributed by atoms with E-state index in [1.807, 2.05) is 0 Å². The maximum atomic E-state index is 13.4. The van der Waals surface area contributed by atoms with Crippen molar-refractivity contribution in [1.82, 2.24) is 0 Å². The van der Waals surface area contributed by atoms with Gasteiger partial charge in [0.2, 0.25) is 5.82 Å². The van der Waals surface area contributed by atoms with E-state index in [4.69, 9.17) is 9.84 Å². The van der Waals surface area contributed by atoms with Crippen LogP contribution in [0.2, 0.25) is 0 Å². The zero-order valence-electron chi connectivity index (χ0n) is 8.86. The zero-order chi connectivity index (χ0) is 12.3. The number of hydrogen-bond donors (Lipinski definition) is 1. The lowest BCUT2D eigenvalue weighted by Crippen LogP contribution is -1.94. The fraction of sp³-hybridized carbons (Fsp3) is 0.0769. The highest BCUT2D eigenvalue weighted by atomic mass is 19.2. The molecule has 2 aromatic carbocycles. The van der Waals surface area contributed by atoms with Crippen molar-refractivity contribution < 1.29 is 18.6 Å². The molecule has 0 aliphatic carbocycles. The van der Waals surface area contributed by atoms with Crippen LogP contribution in [0.3, 0.4) is 0 Å². The number of benzene rings is 2. The first-order valence-corrected chi connectivity index (χ1v) is 5.03. The Kier molecular flexibility index (Phi) is 3.35. The molecule has 0 radical (unpaired) electrons. The number of hydrogen-bond acceptors (Lipinski definition) is 2. The molecule has 0 atom stereocenters. The van der Waals surface area contributed by atoms with Crippen molar-refractivity contribution >= 4 is 0 Å². The lowest BCUT2D eigenvalue weighted by atomic mass is 10.2. The molecule has 0 heterocycles. The third kappa shape index (κ3) is 2.42. The van der Waals surface area contributed by atoms with E-state index in [0.29, 0.717) is 11.3 Å². The highest BCUT2D eigenvalue weighted by molar-refractivity contribution is 5.38. The summed E-state index contributed by atoms with van der Waals surface area (Å²) in [6, 6.07) is 10.3. The molecule has 2 aromatic rings. The standard InChI is InChI=1S/C13H10F2O2/c14-10-5-3-7-12(13(10)15)17-11-6-2-1-4-9(11)8-16/h1-7,16H,8H2. The van der Waals surface area contributed by atoms with E-state index in [1.54, 1.807) is 24.3 Å². The van der Waals surface area contributed by atoms with E-state index < -0.39 is 11.6 Å². The third-order valence-electron chi connectivity index (χ3n) is 2.28. The van der Waals surface area contributed by atoms with Gasteiger partial charge in [-0.05, 0) is 18.2 Å². The molecule has 0 saturated carbocycles. The molecule has 0 saturated heterocycles. The Morgan fingerprint density at radius 1 is 0.941 bits per heavy atom. The van der Waals surface area contributed by atoms with E-state index >= 15 is 0 Å². The lowest BCUT2D eigenvalue weighted by molar-refractivity contribution is 0.275. The second-order valence-corrected chi connectivity index (χ2v) is 3.42. The molecule has 0 aliphatic rings. The fourth-order valence-corrected chi connectivity index (χ4v) is 1.42. The topological polar surface area (TPSA) is 29.5 Å². The number of halogens is 2. The van der Waals surface area contributed by atoms with Crippen molar-refractivity contribution in [3.05, 3.63) is 59.7 Å². The summed E-state index contributed by atoms with van der Waals surface area (Å²) < 4.78 is 31.6. The third-order valence-corrected chi connectivity index (χ3v) is 2.28. The van der Waals surface area contributed by atoms with Gasteiger partial charge in [0.15, 0.2) is 11.6 Å². The van der Waals surface area contributed by atoms with Crippen molar-refractivity contribution in [2.24, 2.45) is 0 Å². The highest BCUT2D eigenvalue weighted by Gasteiger charge is 2.11. The summed E-state index contributed by atoms with van der Waals surface area (Å²) >= 11 is 0. The van der Waals surface area contributed by atoms with Gasteiger partial charge in [-0.15, -0.1) is 0 Å². The summed E-state index contributed by atoms with van der Waals surface area (Å²) in [5.74, 6) is -1.91. The molecule has 0 bridgehead atoms. The summed E-state index contributed by atoms with van der Waals surface area (Å²) in [4.78, 5) is 0. The summed E-state index contributed by atoms with van der Waals surface area (Å²) in [7, 11) is 0. The van der Waals surface area contributed by atoms with Crippen molar-refractivity contribution in [3.63, 3.8) is 0 Å². The van der Waals surface area contributed by atoms with Crippen molar-refractivity contribution in [1.29, 1.82) is 0 Å². The van der Waals surface area contributed by atoms with Gasteiger partial charge in [-0.2, -0.15) is 4.39 Å². The molecule has 0 spiro atoms. The first kappa shape index (κ1) is 11.5. The van der Waals surface area contributed by atoms with Gasteiger partial charge in [-0.25, -0.2) is 4.39 Å².